The van der Waals surface area contributed by atoms with Crippen LogP contribution >= 0.6 is 17.1 Å². The molecule has 10 nitrogen and oxygen atoms in total. The van der Waals surface area contributed by atoms with Gasteiger partial charge in [0.15, 0.2) is 0 Å². The van der Waals surface area contributed by atoms with Gasteiger partial charge in [-0.05, 0) is 129 Å². The Morgan fingerprint density at radius 1 is 0.390 bits per heavy atom. The first-order chi connectivity index (χ1) is 37.3. The minimum atomic E-state index is -4.41. The molecule has 0 bridgehead atoms. The molecule has 0 radical (unpaired) electrons. The van der Waals surface area contributed by atoms with Crippen molar-refractivity contribution in [1.29, 1.82) is 0 Å². The molecule has 10 aromatic rings. The van der Waals surface area contributed by atoms with Gasteiger partial charge in [-0.25, -0.2) is 16.8 Å². The average Bonchev–Trinajstić information content (AvgIpc) is 3.50. The monoisotopic (exact) mass is 1100 g/mol. The maximum Gasteiger partial charge on any atom is 0.400 e. The van der Waals surface area contributed by atoms with E-state index in [1.807, 2.05) is 198 Å². The Morgan fingerprint density at radius 3 is 1.06 bits per heavy atom. The number of benzene rings is 10. The molecule has 0 aromatic heterocycles. The molecule has 0 N–H and O–H groups in total. The van der Waals surface area contributed by atoms with Gasteiger partial charge in [0.1, 0.15) is 23.0 Å². The first-order valence-electron chi connectivity index (χ1n) is 25.7. The van der Waals surface area contributed by atoms with Crippen LogP contribution in [-0.4, -0.2) is 36.6 Å². The number of fused-ring (bicyclic) bond motifs is 4. The van der Waals surface area contributed by atoms with E-state index in [-0.39, 0.29) is 15.7 Å². The smallest absolute Gasteiger partial charge is 0.400 e. The summed E-state index contributed by atoms with van der Waals surface area (Å²) < 4.78 is 94.3. The van der Waals surface area contributed by atoms with Crippen molar-refractivity contribution in [3.8, 4) is 23.0 Å². The second-order valence-electron chi connectivity index (χ2n) is 20.1. The summed E-state index contributed by atoms with van der Waals surface area (Å²) in [5.74, 6) is 1.58. The molecule has 390 valence electrons. The van der Waals surface area contributed by atoms with Gasteiger partial charge < -0.3 is 18.1 Å². The zero-order valence-corrected chi connectivity index (χ0v) is 46.6. The maximum atomic E-state index is 15.9. The first kappa shape index (κ1) is 52.2. The number of aryl methyl sites for hydroxylation is 2. The third-order valence-corrected chi connectivity index (χ3v) is 23.0. The number of hydrogen-bond acceptors (Lipinski definition) is 8. The molecular formula is C63H58N2O8P2S2. The van der Waals surface area contributed by atoms with Gasteiger partial charge in [-0.3, -0.25) is 0 Å². The molecule has 0 saturated heterocycles. The minimum absolute atomic E-state index is 0.0950. The van der Waals surface area contributed by atoms with Crippen LogP contribution in [0.2, 0.25) is 0 Å². The fraction of sp³-hybridized carbons (Fsp3) is 0.175. The second kappa shape index (κ2) is 21.9. The zero-order chi connectivity index (χ0) is 53.3. The molecule has 0 aliphatic heterocycles. The van der Waals surface area contributed by atoms with Crippen molar-refractivity contribution in [3.63, 3.8) is 0 Å². The van der Waals surface area contributed by atoms with Crippen molar-refractivity contribution in [2.24, 2.45) is 5.92 Å². The van der Waals surface area contributed by atoms with Crippen LogP contribution in [0.15, 0.2) is 228 Å². The first-order valence-corrected chi connectivity index (χ1v) is 30.9. The second-order valence-corrected chi connectivity index (χ2v) is 26.7. The van der Waals surface area contributed by atoms with Crippen molar-refractivity contribution in [2.75, 3.05) is 0 Å². The Morgan fingerprint density at radius 2 is 0.701 bits per heavy atom. The summed E-state index contributed by atoms with van der Waals surface area (Å²) in [5.41, 5.74) is 0.631. The molecule has 1 saturated carbocycles. The number of rotatable bonds is 17. The van der Waals surface area contributed by atoms with E-state index in [9.17, 15) is 0 Å². The summed E-state index contributed by atoms with van der Waals surface area (Å²) in [4.78, 5) is 0.204. The summed E-state index contributed by atoms with van der Waals surface area (Å²) in [6.07, 6.45) is 1.55. The lowest BCUT2D eigenvalue weighted by molar-refractivity contribution is 0.135. The zero-order valence-electron chi connectivity index (χ0n) is 43.1. The van der Waals surface area contributed by atoms with Crippen LogP contribution in [0, 0.1) is 19.8 Å². The number of hydrogen-bond donors (Lipinski definition) is 0. The Kier molecular flexibility index (Phi) is 14.8. The minimum Gasteiger partial charge on any atom is -0.426 e. The van der Waals surface area contributed by atoms with Crippen LogP contribution in [-0.2, 0) is 20.0 Å². The summed E-state index contributed by atoms with van der Waals surface area (Å²) in [6, 6.07) is 67.4. The predicted octanol–water partition coefficient (Wildman–Crippen LogP) is 16.7. The lowest BCUT2D eigenvalue weighted by Crippen LogP contribution is -2.52. The molecule has 0 unspecified atom stereocenters. The number of sulfonamides is 2. The topological polar surface area (TPSA) is 112 Å². The summed E-state index contributed by atoms with van der Waals surface area (Å²) >= 11 is 0. The SMILES string of the molecule is Cc1ccc(S(=O)(=O)N(C2CCC(C(C)(C)N(P(Oc3cccc4ccccc34)Oc3cccc4ccccc34)S(=O)(=O)c3ccc(C)cc3)CC2)P(Oc2cccc3ccccc23)Oc2cccc3ccccc23)cc1. The van der Waals surface area contributed by atoms with E-state index >= 15 is 16.8 Å². The van der Waals surface area contributed by atoms with Crippen molar-refractivity contribution in [3.05, 3.63) is 230 Å². The van der Waals surface area contributed by atoms with E-state index in [1.54, 1.807) is 48.5 Å². The lowest BCUT2D eigenvalue weighted by atomic mass is 9.76. The third kappa shape index (κ3) is 10.6. The van der Waals surface area contributed by atoms with Crippen LogP contribution in [0.5, 0.6) is 23.0 Å². The molecule has 10 aromatic carbocycles. The average molecular weight is 1100 g/mol. The van der Waals surface area contributed by atoms with Gasteiger partial charge in [-0.15, -0.1) is 4.08 Å². The predicted molar refractivity (Wildman–Crippen MR) is 312 cm³/mol. The van der Waals surface area contributed by atoms with E-state index in [0.29, 0.717) is 48.7 Å². The fourth-order valence-electron chi connectivity index (χ4n) is 10.4. The van der Waals surface area contributed by atoms with Crippen molar-refractivity contribution in [2.45, 2.75) is 74.7 Å². The van der Waals surface area contributed by atoms with Crippen LogP contribution < -0.4 is 18.1 Å². The number of nitrogens with zero attached hydrogens (tertiary/aromatic N) is 2. The lowest BCUT2D eigenvalue weighted by Gasteiger charge is -2.47. The highest BCUT2D eigenvalue weighted by Gasteiger charge is 2.53. The van der Waals surface area contributed by atoms with Gasteiger partial charge in [0, 0.05) is 33.1 Å². The summed E-state index contributed by atoms with van der Waals surface area (Å²) in [5, 5.41) is 6.94. The molecule has 1 aliphatic carbocycles. The molecule has 0 amide bonds. The van der Waals surface area contributed by atoms with E-state index in [4.69, 9.17) is 18.1 Å². The Balaban J connectivity index is 1.02. The molecule has 0 heterocycles. The van der Waals surface area contributed by atoms with Crippen molar-refractivity contribution < 1.29 is 34.9 Å². The molecule has 14 heteroatoms. The highest BCUT2D eigenvalue weighted by molar-refractivity contribution is 7.94. The van der Waals surface area contributed by atoms with Crippen LogP contribution in [0.25, 0.3) is 43.1 Å². The van der Waals surface area contributed by atoms with Crippen molar-refractivity contribution in [1.82, 2.24) is 8.15 Å². The van der Waals surface area contributed by atoms with Gasteiger partial charge in [-0.2, -0.15) is 0 Å². The van der Waals surface area contributed by atoms with E-state index in [2.05, 4.69) is 0 Å². The van der Waals surface area contributed by atoms with Gasteiger partial charge in [0.2, 0.25) is 0 Å². The van der Waals surface area contributed by atoms with Gasteiger partial charge in [-0.1, -0.05) is 185 Å². The summed E-state index contributed by atoms with van der Waals surface area (Å²) in [7, 11) is -13.7. The largest absolute Gasteiger partial charge is 0.426 e. The molecule has 1 aliphatic rings. The fourth-order valence-corrected chi connectivity index (χ4v) is 18.3. The van der Waals surface area contributed by atoms with E-state index in [1.165, 1.54) is 8.15 Å². The normalized spacial score (nSPS) is 15.5. The van der Waals surface area contributed by atoms with Gasteiger partial charge in [0.25, 0.3) is 20.0 Å². The summed E-state index contributed by atoms with van der Waals surface area (Å²) in [6.45, 7) is 7.73. The third-order valence-electron chi connectivity index (χ3n) is 14.6. The molecular weight excluding hydrogens is 1040 g/mol. The maximum absolute atomic E-state index is 15.9. The van der Waals surface area contributed by atoms with E-state index in [0.717, 1.165) is 54.2 Å². The van der Waals surface area contributed by atoms with Crippen LogP contribution in [0.1, 0.15) is 50.7 Å². The Bertz CT molecular complexity index is 3800. The quantitative estimate of drug-likeness (QED) is 0.0829. The Hall–Kier alpha value is -6.88. The van der Waals surface area contributed by atoms with Gasteiger partial charge in [0.05, 0.1) is 9.79 Å². The van der Waals surface area contributed by atoms with Crippen LogP contribution in [0.4, 0.5) is 0 Å². The highest BCUT2D eigenvalue weighted by Crippen LogP contribution is 2.58. The standard InChI is InChI=1S/C63H58N2O8P2S2/c1-45-33-41-53(42-34-45)76(66,67)64(74(70-59-29-13-21-47-17-5-9-25-55(47)59)71-60-30-14-22-48-18-6-10-26-56(48)60)52-39-37-51(38-40-52)63(3,4)65(77(68,69)54-43-35-46(2)36-44-54)75(72-61-31-15-23-49-19-7-11-27-57(49)61)73-62-32-16-24-50-20-8-12-28-58(50)62/h5-36,41-44,51-52H,37-40H2,1-4H3. The van der Waals surface area contributed by atoms with E-state index < -0.39 is 48.7 Å². The molecule has 0 atom stereocenters. The molecule has 1 fully saturated rings. The molecule has 77 heavy (non-hydrogen) atoms. The van der Waals surface area contributed by atoms with Crippen molar-refractivity contribution >= 4 is 80.2 Å². The molecule has 11 rings (SSSR count). The Labute approximate surface area is 453 Å². The van der Waals surface area contributed by atoms with Gasteiger partial charge >= 0.3 is 17.1 Å². The highest BCUT2D eigenvalue weighted by atomic mass is 32.2. The van der Waals surface area contributed by atoms with Crippen LogP contribution in [0.3, 0.4) is 0 Å². The molecule has 0 spiro atoms.